The zero-order chi connectivity index (χ0) is 14.8. The van der Waals surface area contributed by atoms with E-state index in [-0.39, 0.29) is 0 Å². The minimum atomic E-state index is 0.517. The highest BCUT2D eigenvalue weighted by atomic mass is 35.5. The maximum Gasteiger partial charge on any atom is 0.119 e. The van der Waals surface area contributed by atoms with Crippen LogP contribution in [0.4, 0.5) is 0 Å². The van der Waals surface area contributed by atoms with Crippen molar-refractivity contribution in [2.45, 2.75) is 13.1 Å². The van der Waals surface area contributed by atoms with E-state index in [1.54, 1.807) is 7.11 Å². The highest BCUT2D eigenvalue weighted by molar-refractivity contribution is 6.31. The molecule has 108 valence electrons. The number of aromatic nitrogens is 1. The molecule has 1 heterocycles. The maximum atomic E-state index is 6.13. The molecule has 1 aromatic heterocycles. The fraction of sp³-hybridized carbons (Fsp3) is 0.176. The Bertz CT molecular complexity index is 780. The predicted molar refractivity (Wildman–Crippen MR) is 86.9 cm³/mol. The van der Waals surface area contributed by atoms with Gasteiger partial charge in [0.05, 0.1) is 12.6 Å². The van der Waals surface area contributed by atoms with E-state index in [1.807, 2.05) is 36.4 Å². The molecule has 0 amide bonds. The largest absolute Gasteiger partial charge is 0.497 e. The van der Waals surface area contributed by atoms with Gasteiger partial charge in [-0.2, -0.15) is 0 Å². The Morgan fingerprint density at radius 1 is 1.19 bits per heavy atom. The van der Waals surface area contributed by atoms with Crippen molar-refractivity contribution in [2.75, 3.05) is 7.11 Å². The van der Waals surface area contributed by atoms with E-state index in [0.29, 0.717) is 6.54 Å². The van der Waals surface area contributed by atoms with E-state index >= 15 is 0 Å². The Labute approximate surface area is 128 Å². The summed E-state index contributed by atoms with van der Waals surface area (Å²) in [6, 6.07) is 14.0. The number of hydrogen-bond acceptors (Lipinski definition) is 2. The van der Waals surface area contributed by atoms with Crippen molar-refractivity contribution >= 4 is 22.5 Å². The van der Waals surface area contributed by atoms with Crippen LogP contribution in [0, 0.1) is 0 Å². The smallest absolute Gasteiger partial charge is 0.119 e. The predicted octanol–water partition coefficient (Wildman–Crippen LogP) is 3.81. The van der Waals surface area contributed by atoms with Gasteiger partial charge in [-0.15, -0.1) is 0 Å². The third kappa shape index (κ3) is 2.75. The van der Waals surface area contributed by atoms with Crippen LogP contribution in [-0.2, 0) is 13.1 Å². The molecule has 0 unspecified atom stereocenters. The average molecular weight is 301 g/mol. The number of ether oxygens (including phenoxy) is 1. The lowest BCUT2D eigenvalue weighted by Crippen LogP contribution is -1.99. The number of fused-ring (bicyclic) bond motifs is 1. The lowest BCUT2D eigenvalue weighted by molar-refractivity contribution is 0.414. The zero-order valence-corrected chi connectivity index (χ0v) is 12.6. The van der Waals surface area contributed by atoms with Crippen LogP contribution in [0.25, 0.3) is 10.9 Å². The van der Waals surface area contributed by atoms with Gasteiger partial charge in [-0.05, 0) is 35.4 Å². The minimum absolute atomic E-state index is 0.517. The zero-order valence-electron chi connectivity index (χ0n) is 11.8. The quantitative estimate of drug-likeness (QED) is 0.796. The molecule has 0 aliphatic rings. The highest BCUT2D eigenvalue weighted by Gasteiger charge is 2.08. The van der Waals surface area contributed by atoms with Crippen molar-refractivity contribution in [1.82, 2.24) is 4.57 Å². The normalized spacial score (nSPS) is 11.0. The summed E-state index contributed by atoms with van der Waals surface area (Å²) in [4.78, 5) is 0. The van der Waals surface area contributed by atoms with Crippen molar-refractivity contribution in [3.05, 3.63) is 64.8 Å². The summed E-state index contributed by atoms with van der Waals surface area (Å²) in [6.07, 6.45) is 2.10. The van der Waals surface area contributed by atoms with Gasteiger partial charge in [-0.1, -0.05) is 29.8 Å². The van der Waals surface area contributed by atoms with E-state index in [0.717, 1.165) is 33.8 Å². The lowest BCUT2D eigenvalue weighted by Gasteiger charge is -2.07. The van der Waals surface area contributed by atoms with Crippen molar-refractivity contribution in [1.29, 1.82) is 0 Å². The molecule has 0 saturated carbocycles. The third-order valence-corrected chi connectivity index (χ3v) is 3.87. The molecular weight excluding hydrogens is 284 g/mol. The maximum absolute atomic E-state index is 6.13. The first-order valence-corrected chi connectivity index (χ1v) is 7.19. The number of nitrogens with two attached hydrogens (primary N) is 1. The fourth-order valence-electron chi connectivity index (χ4n) is 2.60. The average Bonchev–Trinajstić information content (AvgIpc) is 2.84. The van der Waals surface area contributed by atoms with Crippen LogP contribution in [-0.4, -0.2) is 11.7 Å². The first-order chi connectivity index (χ1) is 10.2. The SMILES string of the molecule is COc1cccc(Cn2cc(CN)c3ccc(Cl)cc32)c1. The van der Waals surface area contributed by atoms with Crippen LogP contribution >= 0.6 is 11.6 Å². The van der Waals surface area contributed by atoms with E-state index in [4.69, 9.17) is 22.1 Å². The summed E-state index contributed by atoms with van der Waals surface area (Å²) < 4.78 is 7.45. The number of benzene rings is 2. The molecule has 0 aliphatic heterocycles. The molecule has 4 heteroatoms. The molecule has 2 aromatic carbocycles. The second-order valence-corrected chi connectivity index (χ2v) is 5.44. The summed E-state index contributed by atoms with van der Waals surface area (Å²) in [7, 11) is 1.68. The molecular formula is C17H17ClN2O. The van der Waals surface area contributed by atoms with E-state index in [9.17, 15) is 0 Å². The Kier molecular flexibility index (Phi) is 3.86. The van der Waals surface area contributed by atoms with E-state index in [2.05, 4.69) is 16.8 Å². The molecule has 21 heavy (non-hydrogen) atoms. The van der Waals surface area contributed by atoms with Crippen LogP contribution in [0.2, 0.25) is 5.02 Å². The van der Waals surface area contributed by atoms with E-state index < -0.39 is 0 Å². The standard InChI is InChI=1S/C17H17ClN2O/c1-21-15-4-2-3-12(7-15)10-20-11-13(9-19)16-6-5-14(18)8-17(16)20/h2-8,11H,9-10,19H2,1H3. The van der Waals surface area contributed by atoms with Gasteiger partial charge >= 0.3 is 0 Å². The molecule has 3 rings (SSSR count). The fourth-order valence-corrected chi connectivity index (χ4v) is 2.77. The van der Waals surface area contributed by atoms with Crippen molar-refractivity contribution in [2.24, 2.45) is 5.73 Å². The molecule has 3 aromatic rings. The van der Waals surface area contributed by atoms with Gasteiger partial charge in [0.15, 0.2) is 0 Å². The number of hydrogen-bond donors (Lipinski definition) is 1. The topological polar surface area (TPSA) is 40.2 Å². The van der Waals surface area contributed by atoms with Gasteiger partial charge < -0.3 is 15.0 Å². The first kappa shape index (κ1) is 14.0. The van der Waals surface area contributed by atoms with Crippen LogP contribution in [0.1, 0.15) is 11.1 Å². The van der Waals surface area contributed by atoms with Crippen LogP contribution in [0.3, 0.4) is 0 Å². The molecule has 2 N–H and O–H groups in total. The monoisotopic (exact) mass is 300 g/mol. The summed E-state index contributed by atoms with van der Waals surface area (Å²) in [5, 5.41) is 1.89. The van der Waals surface area contributed by atoms with Crippen molar-refractivity contribution < 1.29 is 4.74 Å². The van der Waals surface area contributed by atoms with Crippen molar-refractivity contribution in [3.63, 3.8) is 0 Å². The molecule has 0 atom stereocenters. The molecule has 0 spiro atoms. The molecule has 3 nitrogen and oxygen atoms in total. The third-order valence-electron chi connectivity index (χ3n) is 3.63. The first-order valence-electron chi connectivity index (χ1n) is 6.81. The van der Waals surface area contributed by atoms with Crippen LogP contribution in [0.5, 0.6) is 5.75 Å². The second-order valence-electron chi connectivity index (χ2n) is 5.00. The molecule has 0 bridgehead atoms. The van der Waals surface area contributed by atoms with Gasteiger partial charge in [-0.3, -0.25) is 0 Å². The van der Waals surface area contributed by atoms with Gasteiger partial charge in [0.2, 0.25) is 0 Å². The highest BCUT2D eigenvalue weighted by Crippen LogP contribution is 2.26. The summed E-state index contributed by atoms with van der Waals surface area (Å²) in [6.45, 7) is 1.28. The van der Waals surface area contributed by atoms with Gasteiger partial charge in [-0.25, -0.2) is 0 Å². The molecule has 0 radical (unpaired) electrons. The minimum Gasteiger partial charge on any atom is -0.497 e. The molecule has 0 aliphatic carbocycles. The Hall–Kier alpha value is -1.97. The second kappa shape index (κ2) is 5.80. The summed E-state index contributed by atoms with van der Waals surface area (Å²) in [5.41, 5.74) is 9.25. The van der Waals surface area contributed by atoms with Gasteiger partial charge in [0.1, 0.15) is 5.75 Å². The summed E-state index contributed by atoms with van der Waals surface area (Å²) in [5.74, 6) is 0.862. The Morgan fingerprint density at radius 3 is 2.81 bits per heavy atom. The number of methoxy groups -OCH3 is 1. The van der Waals surface area contributed by atoms with Gasteiger partial charge in [0.25, 0.3) is 0 Å². The van der Waals surface area contributed by atoms with Crippen LogP contribution < -0.4 is 10.5 Å². The van der Waals surface area contributed by atoms with Gasteiger partial charge in [0, 0.05) is 29.7 Å². The Morgan fingerprint density at radius 2 is 2.05 bits per heavy atom. The molecule has 0 fully saturated rings. The lowest BCUT2D eigenvalue weighted by atomic mass is 10.2. The van der Waals surface area contributed by atoms with Crippen LogP contribution in [0.15, 0.2) is 48.7 Å². The Balaban J connectivity index is 2.05. The summed E-state index contributed by atoms with van der Waals surface area (Å²) >= 11 is 6.13. The number of nitrogens with zero attached hydrogens (tertiary/aromatic N) is 1. The van der Waals surface area contributed by atoms with Crippen molar-refractivity contribution in [3.8, 4) is 5.75 Å². The number of halogens is 1. The molecule has 0 saturated heterocycles. The van der Waals surface area contributed by atoms with E-state index in [1.165, 1.54) is 5.56 Å². The number of rotatable bonds is 4.